The zero-order chi connectivity index (χ0) is 14.9. The topological polar surface area (TPSA) is 50.9 Å². The Balaban J connectivity index is 1.70. The monoisotopic (exact) mass is 293 g/mol. The quantitative estimate of drug-likeness (QED) is 0.771. The highest BCUT2D eigenvalue weighted by atomic mass is 16.3. The first-order valence-electron chi connectivity index (χ1n) is 7.96. The van der Waals surface area contributed by atoms with Crippen molar-refractivity contribution in [2.75, 3.05) is 0 Å². The van der Waals surface area contributed by atoms with Gasteiger partial charge in [-0.25, -0.2) is 0 Å². The van der Waals surface area contributed by atoms with Crippen LogP contribution in [-0.2, 0) is 0 Å². The van der Waals surface area contributed by atoms with Gasteiger partial charge in [0.25, 0.3) is 0 Å². The normalized spacial score (nSPS) is 16.2. The third-order valence-corrected chi connectivity index (χ3v) is 4.58. The Bertz CT molecular complexity index is 770. The molecule has 4 heteroatoms. The van der Waals surface area contributed by atoms with E-state index < -0.39 is 0 Å². The van der Waals surface area contributed by atoms with Gasteiger partial charge in [-0.05, 0) is 48.6 Å². The first kappa shape index (κ1) is 13.3. The van der Waals surface area contributed by atoms with Crippen molar-refractivity contribution in [3.8, 4) is 11.4 Å². The number of phenols is 1. The Kier molecular flexibility index (Phi) is 3.29. The van der Waals surface area contributed by atoms with Gasteiger partial charge in [-0.1, -0.05) is 37.5 Å². The van der Waals surface area contributed by atoms with Crippen molar-refractivity contribution in [2.24, 2.45) is 0 Å². The van der Waals surface area contributed by atoms with E-state index >= 15 is 0 Å². The fraction of sp³-hybridized carbons (Fsp3) is 0.333. The van der Waals surface area contributed by atoms with Gasteiger partial charge in [-0.2, -0.15) is 0 Å². The molecule has 1 fully saturated rings. The van der Waals surface area contributed by atoms with Gasteiger partial charge in [0.2, 0.25) is 0 Å². The fourth-order valence-electron chi connectivity index (χ4n) is 3.37. The van der Waals surface area contributed by atoms with Crippen molar-refractivity contribution < 1.29 is 5.11 Å². The average molecular weight is 293 g/mol. The van der Waals surface area contributed by atoms with Crippen LogP contribution in [0.1, 0.15) is 43.6 Å². The molecule has 1 aliphatic rings. The Morgan fingerprint density at radius 3 is 2.23 bits per heavy atom. The summed E-state index contributed by atoms with van der Waals surface area (Å²) >= 11 is 0. The summed E-state index contributed by atoms with van der Waals surface area (Å²) in [4.78, 5) is 1.52. The molecule has 0 spiro atoms. The van der Waals surface area contributed by atoms with Crippen molar-refractivity contribution in [1.82, 2.24) is 15.0 Å². The molecular weight excluding hydrogens is 274 g/mol. The maximum atomic E-state index is 10.4. The molecule has 4 rings (SSSR count). The van der Waals surface area contributed by atoms with Crippen LogP contribution < -0.4 is 0 Å². The number of phenolic OH excluding ortho intramolecular Hbond substituents is 1. The molecule has 1 aliphatic carbocycles. The second-order valence-corrected chi connectivity index (χ2v) is 6.06. The van der Waals surface area contributed by atoms with E-state index in [1.54, 1.807) is 0 Å². The highest BCUT2D eigenvalue weighted by Gasteiger charge is 2.17. The summed E-state index contributed by atoms with van der Waals surface area (Å²) in [5.74, 6) is 0.835. The minimum Gasteiger partial charge on any atom is -0.506 e. The first-order valence-corrected chi connectivity index (χ1v) is 7.96. The number of fused-ring (bicyclic) bond motifs is 1. The van der Waals surface area contributed by atoms with Crippen LogP contribution in [0.2, 0.25) is 0 Å². The van der Waals surface area contributed by atoms with Crippen LogP contribution in [0.15, 0.2) is 42.5 Å². The van der Waals surface area contributed by atoms with E-state index in [-0.39, 0.29) is 5.75 Å². The SMILES string of the molecule is Oc1cc(C2CCCCC2)ccc1-n1nc2ccccc2n1. The molecule has 2 aromatic carbocycles. The van der Waals surface area contributed by atoms with Gasteiger partial charge < -0.3 is 5.11 Å². The van der Waals surface area contributed by atoms with E-state index in [2.05, 4.69) is 16.3 Å². The molecule has 1 N–H and O–H groups in total. The zero-order valence-corrected chi connectivity index (χ0v) is 12.4. The lowest BCUT2D eigenvalue weighted by Crippen LogP contribution is -2.05. The minimum atomic E-state index is 0.253. The number of nitrogens with zero attached hydrogens (tertiary/aromatic N) is 3. The van der Waals surface area contributed by atoms with Gasteiger partial charge in [0.1, 0.15) is 22.5 Å². The second-order valence-electron chi connectivity index (χ2n) is 6.06. The Labute approximate surface area is 129 Å². The maximum Gasteiger partial charge on any atom is 0.143 e. The van der Waals surface area contributed by atoms with E-state index in [1.807, 2.05) is 36.4 Å². The lowest BCUT2D eigenvalue weighted by Gasteiger charge is -2.22. The number of benzene rings is 2. The molecule has 3 aromatic rings. The molecule has 112 valence electrons. The van der Waals surface area contributed by atoms with E-state index in [0.717, 1.165) is 11.0 Å². The summed E-state index contributed by atoms with van der Waals surface area (Å²) in [5, 5.41) is 19.3. The van der Waals surface area contributed by atoms with Crippen LogP contribution in [0.25, 0.3) is 16.7 Å². The largest absolute Gasteiger partial charge is 0.506 e. The maximum absolute atomic E-state index is 10.4. The van der Waals surface area contributed by atoms with Crippen molar-refractivity contribution in [3.05, 3.63) is 48.0 Å². The number of rotatable bonds is 2. The number of aromatic hydroxyl groups is 1. The summed E-state index contributed by atoms with van der Waals surface area (Å²) in [5.41, 5.74) is 3.53. The first-order chi connectivity index (χ1) is 10.8. The molecular formula is C18H19N3O. The van der Waals surface area contributed by atoms with Gasteiger partial charge >= 0.3 is 0 Å². The molecule has 0 aliphatic heterocycles. The van der Waals surface area contributed by atoms with Crippen LogP contribution in [0, 0.1) is 0 Å². The number of aromatic nitrogens is 3. The molecule has 1 heterocycles. The van der Waals surface area contributed by atoms with Crippen LogP contribution in [-0.4, -0.2) is 20.1 Å². The molecule has 1 aromatic heterocycles. The predicted molar refractivity (Wildman–Crippen MR) is 86.4 cm³/mol. The molecule has 4 nitrogen and oxygen atoms in total. The third-order valence-electron chi connectivity index (χ3n) is 4.58. The predicted octanol–water partition coefficient (Wildman–Crippen LogP) is 4.17. The van der Waals surface area contributed by atoms with Gasteiger partial charge in [-0.3, -0.25) is 0 Å². The highest BCUT2D eigenvalue weighted by Crippen LogP contribution is 2.35. The van der Waals surface area contributed by atoms with Crippen molar-refractivity contribution >= 4 is 11.0 Å². The molecule has 1 saturated carbocycles. The van der Waals surface area contributed by atoms with Crippen molar-refractivity contribution in [3.63, 3.8) is 0 Å². The fourth-order valence-corrected chi connectivity index (χ4v) is 3.37. The Morgan fingerprint density at radius 1 is 0.909 bits per heavy atom. The summed E-state index contributed by atoms with van der Waals surface area (Å²) in [6, 6.07) is 13.6. The van der Waals surface area contributed by atoms with Gasteiger partial charge in [0.15, 0.2) is 0 Å². The standard InChI is InChI=1S/C18H19N3O/c22-18-12-14(13-6-2-1-3-7-13)10-11-17(18)21-19-15-8-4-5-9-16(15)20-21/h4-5,8-13,22H,1-3,6-7H2. The zero-order valence-electron chi connectivity index (χ0n) is 12.4. The summed E-state index contributed by atoms with van der Waals surface area (Å²) in [6.07, 6.45) is 6.37. The molecule has 0 amide bonds. The highest BCUT2D eigenvalue weighted by molar-refractivity contribution is 5.73. The molecule has 22 heavy (non-hydrogen) atoms. The average Bonchev–Trinajstić information content (AvgIpc) is 2.99. The van der Waals surface area contributed by atoms with E-state index in [1.165, 1.54) is 42.5 Å². The van der Waals surface area contributed by atoms with E-state index in [9.17, 15) is 5.11 Å². The molecule has 0 radical (unpaired) electrons. The molecule has 0 atom stereocenters. The molecule has 0 unspecified atom stereocenters. The molecule has 0 saturated heterocycles. The Morgan fingerprint density at radius 2 is 1.59 bits per heavy atom. The second kappa shape index (κ2) is 5.44. The molecule has 0 bridgehead atoms. The van der Waals surface area contributed by atoms with Crippen LogP contribution in [0.4, 0.5) is 0 Å². The van der Waals surface area contributed by atoms with Gasteiger partial charge in [0, 0.05) is 0 Å². The van der Waals surface area contributed by atoms with Crippen molar-refractivity contribution in [1.29, 1.82) is 0 Å². The minimum absolute atomic E-state index is 0.253. The van der Waals surface area contributed by atoms with E-state index in [4.69, 9.17) is 0 Å². The Hall–Kier alpha value is -2.36. The lowest BCUT2D eigenvalue weighted by molar-refractivity contribution is 0.437. The van der Waals surface area contributed by atoms with Crippen LogP contribution >= 0.6 is 0 Å². The summed E-state index contributed by atoms with van der Waals surface area (Å²) < 4.78 is 0. The van der Waals surface area contributed by atoms with Gasteiger partial charge in [-0.15, -0.1) is 15.0 Å². The van der Waals surface area contributed by atoms with Crippen LogP contribution in [0.3, 0.4) is 0 Å². The van der Waals surface area contributed by atoms with E-state index in [0.29, 0.717) is 11.6 Å². The summed E-state index contributed by atoms with van der Waals surface area (Å²) in [7, 11) is 0. The number of hydrogen-bond donors (Lipinski definition) is 1. The number of hydrogen-bond acceptors (Lipinski definition) is 3. The summed E-state index contributed by atoms with van der Waals surface area (Å²) in [6.45, 7) is 0. The van der Waals surface area contributed by atoms with Gasteiger partial charge in [0.05, 0.1) is 0 Å². The smallest absolute Gasteiger partial charge is 0.143 e. The van der Waals surface area contributed by atoms with Crippen molar-refractivity contribution in [2.45, 2.75) is 38.0 Å². The van der Waals surface area contributed by atoms with Crippen LogP contribution in [0.5, 0.6) is 5.75 Å². The lowest BCUT2D eigenvalue weighted by atomic mass is 9.84. The third kappa shape index (κ3) is 2.34.